The molecule has 4 aliphatic rings. The van der Waals surface area contributed by atoms with Crippen molar-refractivity contribution in [2.45, 2.75) is 99.7 Å². The molecule has 6 nitrogen and oxygen atoms in total. The molecule has 1 N–H and O–H groups in total. The monoisotopic (exact) mass is 766 g/mol. The summed E-state index contributed by atoms with van der Waals surface area (Å²) in [5.74, 6) is -0.221. The number of fused-ring (bicyclic) bond motifs is 6. The molecule has 0 saturated heterocycles. The van der Waals surface area contributed by atoms with Crippen LogP contribution in [0.5, 0.6) is 0 Å². The molecule has 0 heterocycles. The van der Waals surface area contributed by atoms with Crippen molar-refractivity contribution in [1.29, 1.82) is 0 Å². The number of aryl methyl sites for hydroxylation is 2. The molecule has 4 aromatic carbocycles. The molecule has 0 spiro atoms. The highest BCUT2D eigenvalue weighted by Gasteiger charge is 2.61. The van der Waals surface area contributed by atoms with E-state index in [0.717, 1.165) is 42.4 Å². The van der Waals surface area contributed by atoms with Gasteiger partial charge in [0, 0.05) is 23.7 Å². The lowest BCUT2D eigenvalue weighted by Crippen LogP contribution is -2.56. The van der Waals surface area contributed by atoms with Crippen LogP contribution in [0.4, 0.5) is 13.2 Å². The summed E-state index contributed by atoms with van der Waals surface area (Å²) in [7, 11) is 2.75. The van der Waals surface area contributed by atoms with E-state index in [-0.39, 0.29) is 36.6 Å². The van der Waals surface area contributed by atoms with Crippen LogP contribution in [0.1, 0.15) is 105 Å². The van der Waals surface area contributed by atoms with E-state index in [1.54, 1.807) is 6.07 Å². The van der Waals surface area contributed by atoms with E-state index in [4.69, 9.17) is 9.47 Å². The number of hydrogen-bond acceptors (Lipinski definition) is 6. The summed E-state index contributed by atoms with van der Waals surface area (Å²) >= 11 is 0. The topological polar surface area (TPSA) is 89.9 Å². The van der Waals surface area contributed by atoms with Crippen molar-refractivity contribution in [2.75, 3.05) is 14.2 Å². The number of ether oxygens (including phenoxy) is 2. The maximum absolute atomic E-state index is 13.6. The Balaban J connectivity index is 0.000000173. The summed E-state index contributed by atoms with van der Waals surface area (Å²) < 4.78 is 50.5. The van der Waals surface area contributed by atoms with E-state index in [9.17, 15) is 32.7 Å². The van der Waals surface area contributed by atoms with E-state index < -0.39 is 23.2 Å². The van der Waals surface area contributed by atoms with Gasteiger partial charge in [-0.15, -0.1) is 0 Å². The fourth-order valence-electron chi connectivity index (χ4n) is 10.5. The first-order valence-corrected chi connectivity index (χ1v) is 19.6. The molecular formula is C47H49F3O6. The van der Waals surface area contributed by atoms with E-state index in [1.807, 2.05) is 60.7 Å². The molecule has 0 radical (unpaired) electrons. The number of aliphatic hydroxyl groups is 1. The number of ketones is 1. The van der Waals surface area contributed by atoms with Gasteiger partial charge in [0.15, 0.2) is 5.60 Å². The average Bonchev–Trinajstić information content (AvgIpc) is 3.21. The highest BCUT2D eigenvalue weighted by Crippen LogP contribution is 2.57. The number of alkyl halides is 3. The summed E-state index contributed by atoms with van der Waals surface area (Å²) in [6.07, 6.45) is 1.85. The first-order chi connectivity index (χ1) is 26.8. The SMILES string of the molecule is COC(=O)c1ccc2c(c1)CC[C@H]1CC(=O)CC[C@@]21Cc1ccccc1.COC(=O)c1ccc2c(c1)CC[C@H]1CC(O)(C(F)(F)F)CC[C@@]21Cc1ccccc1. The van der Waals surface area contributed by atoms with Gasteiger partial charge in [-0.1, -0.05) is 72.8 Å². The Morgan fingerprint density at radius 1 is 0.679 bits per heavy atom. The zero-order valence-electron chi connectivity index (χ0n) is 32.0. The van der Waals surface area contributed by atoms with Crippen molar-refractivity contribution < 1.29 is 42.1 Å². The van der Waals surface area contributed by atoms with Gasteiger partial charge < -0.3 is 14.6 Å². The van der Waals surface area contributed by atoms with Crippen LogP contribution in [-0.2, 0) is 50.8 Å². The quantitative estimate of drug-likeness (QED) is 0.197. The van der Waals surface area contributed by atoms with Crippen LogP contribution >= 0.6 is 0 Å². The van der Waals surface area contributed by atoms with Gasteiger partial charge in [-0.25, -0.2) is 9.59 Å². The Kier molecular flexibility index (Phi) is 11.0. The Hall–Kier alpha value is -4.76. The zero-order valence-corrected chi connectivity index (χ0v) is 32.0. The normalized spacial score (nSPS) is 26.6. The lowest BCUT2D eigenvalue weighted by Gasteiger charge is -2.53. The molecule has 1 unspecified atom stereocenters. The maximum Gasteiger partial charge on any atom is 0.417 e. The van der Waals surface area contributed by atoms with E-state index in [0.29, 0.717) is 54.9 Å². The third-order valence-electron chi connectivity index (χ3n) is 13.4. The third-order valence-corrected chi connectivity index (χ3v) is 13.4. The van der Waals surface area contributed by atoms with Crippen LogP contribution < -0.4 is 0 Å². The number of Topliss-reactive ketones (excluding diaryl/α,β-unsaturated/α-hetero) is 1. The van der Waals surface area contributed by atoms with Crippen LogP contribution in [0.3, 0.4) is 0 Å². The lowest BCUT2D eigenvalue weighted by molar-refractivity contribution is -0.279. The number of rotatable bonds is 6. The van der Waals surface area contributed by atoms with E-state index in [1.165, 1.54) is 30.9 Å². The molecule has 294 valence electrons. The molecule has 4 aliphatic carbocycles. The minimum absolute atomic E-state index is 0.00248. The number of hydrogen-bond donors (Lipinski definition) is 1. The maximum atomic E-state index is 13.6. The van der Waals surface area contributed by atoms with Gasteiger partial charge in [0.2, 0.25) is 0 Å². The molecule has 56 heavy (non-hydrogen) atoms. The predicted octanol–water partition coefficient (Wildman–Crippen LogP) is 9.26. The molecule has 2 fully saturated rings. The molecule has 0 bridgehead atoms. The molecule has 4 aromatic rings. The average molecular weight is 767 g/mol. The van der Waals surface area contributed by atoms with Gasteiger partial charge in [0.1, 0.15) is 5.78 Å². The number of esters is 2. The van der Waals surface area contributed by atoms with Crippen LogP contribution in [-0.4, -0.2) is 48.8 Å². The first-order valence-electron chi connectivity index (χ1n) is 19.6. The Labute approximate surface area is 326 Å². The van der Waals surface area contributed by atoms with Crippen molar-refractivity contribution in [2.24, 2.45) is 11.8 Å². The molecule has 9 heteroatoms. The van der Waals surface area contributed by atoms with Crippen molar-refractivity contribution in [3.63, 3.8) is 0 Å². The molecule has 2 saturated carbocycles. The van der Waals surface area contributed by atoms with Gasteiger partial charge in [-0.2, -0.15) is 13.2 Å². The van der Waals surface area contributed by atoms with Crippen LogP contribution in [0.2, 0.25) is 0 Å². The highest BCUT2D eigenvalue weighted by molar-refractivity contribution is 5.90. The summed E-state index contributed by atoms with van der Waals surface area (Å²) in [6, 6.07) is 31.7. The van der Waals surface area contributed by atoms with Crippen molar-refractivity contribution in [1.82, 2.24) is 0 Å². The summed E-state index contributed by atoms with van der Waals surface area (Å²) in [6.45, 7) is 0. The van der Waals surface area contributed by atoms with E-state index >= 15 is 0 Å². The van der Waals surface area contributed by atoms with Crippen LogP contribution in [0.25, 0.3) is 0 Å². The summed E-state index contributed by atoms with van der Waals surface area (Å²) in [5, 5.41) is 10.4. The molecular weight excluding hydrogens is 718 g/mol. The second-order valence-corrected chi connectivity index (χ2v) is 16.3. The third kappa shape index (κ3) is 7.42. The largest absolute Gasteiger partial charge is 0.465 e. The van der Waals surface area contributed by atoms with Gasteiger partial charge in [-0.05, 0) is 134 Å². The second kappa shape index (κ2) is 15.6. The molecule has 5 atom stereocenters. The Bertz CT molecular complexity index is 2080. The fourth-order valence-corrected chi connectivity index (χ4v) is 10.5. The number of methoxy groups -OCH3 is 2. The van der Waals surface area contributed by atoms with Gasteiger partial charge in [-0.3, -0.25) is 4.79 Å². The summed E-state index contributed by atoms with van der Waals surface area (Å²) in [4.78, 5) is 36.0. The smallest absolute Gasteiger partial charge is 0.417 e. The minimum Gasteiger partial charge on any atom is -0.465 e. The summed E-state index contributed by atoms with van der Waals surface area (Å²) in [5.41, 5.74) is 4.87. The molecule has 0 aromatic heterocycles. The van der Waals surface area contributed by atoms with Crippen LogP contribution in [0.15, 0.2) is 97.1 Å². The Morgan fingerprint density at radius 3 is 1.64 bits per heavy atom. The fraction of sp³-hybridized carbons (Fsp3) is 0.426. The van der Waals surface area contributed by atoms with Gasteiger partial charge in [0.05, 0.1) is 25.3 Å². The van der Waals surface area contributed by atoms with Crippen molar-refractivity contribution >= 4 is 17.7 Å². The lowest BCUT2D eigenvalue weighted by atomic mass is 9.52. The first kappa shape index (κ1) is 39.5. The van der Waals surface area contributed by atoms with Gasteiger partial charge >= 0.3 is 18.1 Å². The molecule has 8 rings (SSSR count). The van der Waals surface area contributed by atoms with Crippen molar-refractivity contribution in [3.05, 3.63) is 142 Å². The number of carbonyl (C=O) groups excluding carboxylic acids is 3. The van der Waals surface area contributed by atoms with E-state index in [2.05, 4.69) is 30.3 Å². The van der Waals surface area contributed by atoms with Gasteiger partial charge in [0.25, 0.3) is 0 Å². The molecule has 0 amide bonds. The number of benzene rings is 4. The number of halogens is 3. The second-order valence-electron chi connectivity index (χ2n) is 16.3. The minimum atomic E-state index is -4.64. The molecule has 0 aliphatic heterocycles. The number of carbonyl (C=O) groups is 3. The van der Waals surface area contributed by atoms with Crippen LogP contribution in [0, 0.1) is 11.8 Å². The zero-order chi connectivity index (χ0) is 39.7. The standard InChI is InChI=1S/C24H25F3O3.C23H24O3/c1-30-21(28)18-8-10-20-17(13-18)7-9-19-15-23(29,24(25,26)27)12-11-22(19,20)14-16-5-3-2-4-6-16;1-26-22(25)18-8-10-21-17(13-18)7-9-19-14-20(24)11-12-23(19,21)15-16-5-3-2-4-6-16/h2-6,8,10,13,19,29H,7,9,11-12,14-15H2,1H3;2-6,8,10,13,19H,7,9,11-12,14-15H2,1H3/t19-,22-,23?;19-,23-/m00/s1. The highest BCUT2D eigenvalue weighted by atomic mass is 19.4. The Morgan fingerprint density at radius 2 is 1.16 bits per heavy atom. The van der Waals surface area contributed by atoms with Crippen molar-refractivity contribution in [3.8, 4) is 0 Å². The predicted molar refractivity (Wildman–Crippen MR) is 207 cm³/mol.